The molecule has 0 spiro atoms. The van der Waals surface area contributed by atoms with Gasteiger partial charge in [0.15, 0.2) is 6.61 Å². The van der Waals surface area contributed by atoms with Gasteiger partial charge in [0.1, 0.15) is 5.82 Å². The second-order valence-corrected chi connectivity index (χ2v) is 6.18. The lowest BCUT2D eigenvalue weighted by Gasteiger charge is -2.12. The first kappa shape index (κ1) is 21.0. The molecule has 0 unspecified atom stereocenters. The number of esters is 1. The van der Waals surface area contributed by atoms with Crippen molar-refractivity contribution in [3.05, 3.63) is 58.4 Å². The van der Waals surface area contributed by atoms with Gasteiger partial charge in [-0.05, 0) is 36.4 Å². The fourth-order valence-electron chi connectivity index (χ4n) is 2.30. The van der Waals surface area contributed by atoms with Crippen molar-refractivity contribution in [1.29, 1.82) is 0 Å². The number of hydrogen-bond acceptors (Lipinski definition) is 5. The topological polar surface area (TPSA) is 102 Å². The first-order chi connectivity index (χ1) is 13.2. The molecule has 0 radical (unpaired) electrons. The zero-order chi connectivity index (χ0) is 20.8. The normalized spacial score (nSPS) is 10.1. The van der Waals surface area contributed by atoms with Gasteiger partial charge in [-0.15, -0.1) is 0 Å². The zero-order valence-corrected chi connectivity index (χ0v) is 15.7. The molecule has 0 aliphatic rings. The summed E-state index contributed by atoms with van der Waals surface area (Å²) in [6.07, 6.45) is 0. The molecular formula is C19H16ClFN2O5. The van der Waals surface area contributed by atoms with E-state index in [9.17, 15) is 23.6 Å². The average Bonchev–Trinajstić information content (AvgIpc) is 2.58. The van der Waals surface area contributed by atoms with E-state index in [1.54, 1.807) is 0 Å². The predicted octanol–water partition coefficient (Wildman–Crippen LogP) is 3.44. The first-order valence-corrected chi connectivity index (χ1v) is 8.39. The molecule has 9 heteroatoms. The summed E-state index contributed by atoms with van der Waals surface area (Å²) in [6, 6.07) is 7.65. The highest BCUT2D eigenvalue weighted by Gasteiger charge is 2.18. The van der Waals surface area contributed by atoms with Gasteiger partial charge < -0.3 is 15.4 Å². The molecule has 2 amide bonds. The van der Waals surface area contributed by atoms with E-state index in [4.69, 9.17) is 16.3 Å². The molecule has 0 aromatic heterocycles. The molecule has 0 saturated heterocycles. The highest BCUT2D eigenvalue weighted by Crippen LogP contribution is 2.22. The van der Waals surface area contributed by atoms with Crippen LogP contribution < -0.4 is 10.6 Å². The molecule has 0 bridgehead atoms. The van der Waals surface area contributed by atoms with Crippen LogP contribution in [0.3, 0.4) is 0 Å². The lowest BCUT2D eigenvalue weighted by atomic mass is 10.1. The van der Waals surface area contributed by atoms with Crippen LogP contribution in [0, 0.1) is 5.82 Å². The Morgan fingerprint density at radius 3 is 2.21 bits per heavy atom. The average molecular weight is 407 g/mol. The van der Waals surface area contributed by atoms with E-state index >= 15 is 0 Å². The maximum absolute atomic E-state index is 13.8. The Kier molecular flexibility index (Phi) is 6.84. The lowest BCUT2D eigenvalue weighted by molar-refractivity contribution is -0.115. The third-order valence-electron chi connectivity index (χ3n) is 3.44. The van der Waals surface area contributed by atoms with Crippen LogP contribution in [0.4, 0.5) is 15.8 Å². The van der Waals surface area contributed by atoms with Crippen LogP contribution in [-0.2, 0) is 14.3 Å². The Morgan fingerprint density at radius 2 is 1.61 bits per heavy atom. The molecule has 0 aliphatic heterocycles. The Hall–Kier alpha value is -3.26. The van der Waals surface area contributed by atoms with Crippen LogP contribution in [0.15, 0.2) is 36.4 Å². The van der Waals surface area contributed by atoms with Gasteiger partial charge in [-0.25, -0.2) is 9.18 Å². The minimum Gasteiger partial charge on any atom is -0.454 e. The SMILES string of the molecule is CC(=O)Nc1ccc(C(=O)COC(=O)c2ccc(Cl)cc2F)c(NC(C)=O)c1. The van der Waals surface area contributed by atoms with E-state index in [1.165, 1.54) is 38.1 Å². The summed E-state index contributed by atoms with van der Waals surface area (Å²) in [7, 11) is 0. The van der Waals surface area contributed by atoms with Crippen LogP contribution in [0.25, 0.3) is 0 Å². The summed E-state index contributed by atoms with van der Waals surface area (Å²) in [5.41, 5.74) is 0.208. The molecule has 0 saturated carbocycles. The molecule has 2 N–H and O–H groups in total. The van der Waals surface area contributed by atoms with Crippen molar-refractivity contribution in [1.82, 2.24) is 0 Å². The molecule has 146 valence electrons. The highest BCUT2D eigenvalue weighted by atomic mass is 35.5. The molecule has 28 heavy (non-hydrogen) atoms. The van der Waals surface area contributed by atoms with Crippen molar-refractivity contribution in [2.75, 3.05) is 17.2 Å². The molecule has 2 aromatic carbocycles. The minimum absolute atomic E-state index is 0.0636. The van der Waals surface area contributed by atoms with Gasteiger partial charge >= 0.3 is 5.97 Å². The Labute approximate surface area is 164 Å². The van der Waals surface area contributed by atoms with E-state index < -0.39 is 30.1 Å². The maximum Gasteiger partial charge on any atom is 0.341 e. The van der Waals surface area contributed by atoms with Gasteiger partial charge in [0.2, 0.25) is 17.6 Å². The van der Waals surface area contributed by atoms with E-state index in [-0.39, 0.29) is 27.7 Å². The number of rotatable bonds is 6. The van der Waals surface area contributed by atoms with Gasteiger partial charge in [0, 0.05) is 30.1 Å². The second-order valence-electron chi connectivity index (χ2n) is 5.75. The number of benzene rings is 2. The number of ketones is 1. The van der Waals surface area contributed by atoms with Gasteiger partial charge in [-0.1, -0.05) is 11.6 Å². The molecule has 0 heterocycles. The fraction of sp³-hybridized carbons (Fsp3) is 0.158. The Balaban J connectivity index is 2.17. The number of Topliss-reactive ketones (excluding diaryl/α,β-unsaturated/α-hetero) is 1. The number of nitrogens with one attached hydrogen (secondary N) is 2. The molecule has 0 atom stereocenters. The Morgan fingerprint density at radius 1 is 0.964 bits per heavy atom. The molecule has 0 aliphatic carbocycles. The number of carbonyl (C=O) groups excluding carboxylic acids is 4. The van der Waals surface area contributed by atoms with Gasteiger partial charge in [0.25, 0.3) is 0 Å². The van der Waals surface area contributed by atoms with E-state index in [1.807, 2.05) is 0 Å². The molecule has 2 aromatic rings. The number of halogens is 2. The number of hydrogen-bond donors (Lipinski definition) is 2. The fourth-order valence-corrected chi connectivity index (χ4v) is 2.46. The summed E-state index contributed by atoms with van der Waals surface area (Å²) in [6.45, 7) is 1.89. The largest absolute Gasteiger partial charge is 0.454 e. The maximum atomic E-state index is 13.8. The van der Waals surface area contributed by atoms with Gasteiger partial charge in [-0.2, -0.15) is 0 Å². The number of carbonyl (C=O) groups is 4. The zero-order valence-electron chi connectivity index (χ0n) is 15.0. The standard InChI is InChI=1S/C19H16ClFN2O5/c1-10(24)22-13-4-6-15(17(8-13)23-11(2)25)18(26)9-28-19(27)14-5-3-12(20)7-16(14)21/h3-8H,9H2,1-2H3,(H,22,24)(H,23,25). The molecule has 2 rings (SSSR count). The van der Waals surface area contributed by atoms with Crippen LogP contribution in [0.2, 0.25) is 5.02 Å². The van der Waals surface area contributed by atoms with E-state index in [0.29, 0.717) is 5.69 Å². The smallest absolute Gasteiger partial charge is 0.341 e. The quantitative estimate of drug-likeness (QED) is 0.565. The highest BCUT2D eigenvalue weighted by molar-refractivity contribution is 6.30. The van der Waals surface area contributed by atoms with E-state index in [2.05, 4.69) is 10.6 Å². The minimum atomic E-state index is -1.03. The van der Waals surface area contributed by atoms with Crippen LogP contribution >= 0.6 is 11.6 Å². The van der Waals surface area contributed by atoms with Crippen molar-refractivity contribution in [3.8, 4) is 0 Å². The summed E-state index contributed by atoms with van der Waals surface area (Å²) < 4.78 is 18.6. The van der Waals surface area contributed by atoms with Crippen LogP contribution in [0.5, 0.6) is 0 Å². The van der Waals surface area contributed by atoms with Crippen molar-refractivity contribution in [3.63, 3.8) is 0 Å². The van der Waals surface area contributed by atoms with Crippen molar-refractivity contribution >= 4 is 46.5 Å². The summed E-state index contributed by atoms with van der Waals surface area (Å²) in [5, 5.41) is 5.12. The summed E-state index contributed by atoms with van der Waals surface area (Å²) in [5.74, 6) is -3.29. The van der Waals surface area contributed by atoms with Crippen molar-refractivity contribution < 1.29 is 28.3 Å². The van der Waals surface area contributed by atoms with Gasteiger partial charge in [0.05, 0.1) is 11.3 Å². The third kappa shape index (κ3) is 5.62. The molecular weight excluding hydrogens is 391 g/mol. The first-order valence-electron chi connectivity index (χ1n) is 8.02. The number of amides is 2. The second kappa shape index (κ2) is 9.09. The monoisotopic (exact) mass is 406 g/mol. The van der Waals surface area contributed by atoms with Crippen LogP contribution in [-0.4, -0.2) is 30.2 Å². The molecule has 7 nitrogen and oxygen atoms in total. The lowest BCUT2D eigenvalue weighted by Crippen LogP contribution is -2.18. The predicted molar refractivity (Wildman–Crippen MR) is 101 cm³/mol. The van der Waals surface area contributed by atoms with E-state index in [0.717, 1.165) is 12.1 Å². The number of ether oxygens (including phenoxy) is 1. The van der Waals surface area contributed by atoms with Crippen molar-refractivity contribution in [2.24, 2.45) is 0 Å². The van der Waals surface area contributed by atoms with Crippen LogP contribution in [0.1, 0.15) is 34.6 Å². The summed E-state index contributed by atoms with van der Waals surface area (Å²) in [4.78, 5) is 47.0. The van der Waals surface area contributed by atoms with Crippen molar-refractivity contribution in [2.45, 2.75) is 13.8 Å². The molecule has 0 fully saturated rings. The number of anilines is 2. The summed E-state index contributed by atoms with van der Waals surface area (Å²) >= 11 is 5.63. The Bertz CT molecular complexity index is 961. The third-order valence-corrected chi connectivity index (χ3v) is 3.67. The van der Waals surface area contributed by atoms with Gasteiger partial charge in [-0.3, -0.25) is 14.4 Å².